The highest BCUT2D eigenvalue weighted by Crippen LogP contribution is 2.29. The Balaban J connectivity index is 1.50. The molecule has 0 unspecified atom stereocenters. The topological polar surface area (TPSA) is 85.4 Å². The van der Waals surface area contributed by atoms with Crippen molar-refractivity contribution in [3.63, 3.8) is 0 Å². The molecule has 0 radical (unpaired) electrons. The summed E-state index contributed by atoms with van der Waals surface area (Å²) in [7, 11) is -3.82. The van der Waals surface area contributed by atoms with Crippen molar-refractivity contribution in [3.05, 3.63) is 59.7 Å². The summed E-state index contributed by atoms with van der Waals surface area (Å²) in [6, 6.07) is 10.6. The van der Waals surface area contributed by atoms with E-state index in [0.29, 0.717) is 5.56 Å². The van der Waals surface area contributed by atoms with Crippen LogP contribution in [0.1, 0.15) is 26.3 Å². The average molecular weight is 513 g/mol. The standard InChI is InChI=1S/C24H30F2N2O6S/c1-24(2,3)34-23(29)28-11-9-27(10-12-28)22-20(25)15-19(16-21(22)26)32-13-14-33-35(30,31)17-18-7-5-4-6-8-18/h4-8,15-16H,9-14,17H2,1-3H3. The van der Waals surface area contributed by atoms with Gasteiger partial charge in [-0.05, 0) is 26.3 Å². The Bertz CT molecular complexity index is 1090. The number of rotatable bonds is 8. The van der Waals surface area contributed by atoms with Gasteiger partial charge >= 0.3 is 6.09 Å². The van der Waals surface area contributed by atoms with Crippen LogP contribution < -0.4 is 9.64 Å². The van der Waals surface area contributed by atoms with Crippen molar-refractivity contribution >= 4 is 21.9 Å². The lowest BCUT2D eigenvalue weighted by Crippen LogP contribution is -2.50. The molecule has 2 aromatic rings. The molecule has 0 aliphatic carbocycles. The van der Waals surface area contributed by atoms with Crippen LogP contribution in [0.15, 0.2) is 42.5 Å². The fourth-order valence-electron chi connectivity index (χ4n) is 3.51. The van der Waals surface area contributed by atoms with E-state index in [1.165, 1.54) is 9.80 Å². The molecule has 192 valence electrons. The highest BCUT2D eigenvalue weighted by atomic mass is 32.2. The van der Waals surface area contributed by atoms with Crippen molar-refractivity contribution in [2.75, 3.05) is 44.3 Å². The molecule has 8 nitrogen and oxygen atoms in total. The molecular weight excluding hydrogens is 482 g/mol. The lowest BCUT2D eigenvalue weighted by atomic mass is 10.2. The van der Waals surface area contributed by atoms with Gasteiger partial charge in [-0.15, -0.1) is 0 Å². The van der Waals surface area contributed by atoms with Gasteiger partial charge in [0.15, 0.2) is 11.6 Å². The molecule has 1 aliphatic rings. The van der Waals surface area contributed by atoms with Crippen LogP contribution in [0, 0.1) is 11.6 Å². The summed E-state index contributed by atoms with van der Waals surface area (Å²) in [4.78, 5) is 15.2. The molecular formula is C24H30F2N2O6S. The number of halogens is 2. The Hall–Kier alpha value is -2.92. The first-order chi connectivity index (χ1) is 16.4. The fraction of sp³-hybridized carbons (Fsp3) is 0.458. The van der Waals surface area contributed by atoms with E-state index in [9.17, 15) is 22.0 Å². The number of nitrogens with zero attached hydrogens (tertiary/aromatic N) is 2. The summed E-state index contributed by atoms with van der Waals surface area (Å²) in [5.41, 5.74) is -0.248. The Morgan fingerprint density at radius 3 is 2.14 bits per heavy atom. The van der Waals surface area contributed by atoms with Crippen LogP contribution in [-0.4, -0.2) is 64.4 Å². The Morgan fingerprint density at radius 2 is 1.57 bits per heavy atom. The van der Waals surface area contributed by atoms with Crippen molar-refractivity contribution < 1.29 is 35.6 Å². The molecule has 3 rings (SSSR count). The molecule has 35 heavy (non-hydrogen) atoms. The van der Waals surface area contributed by atoms with E-state index in [1.54, 1.807) is 51.1 Å². The zero-order valence-corrected chi connectivity index (χ0v) is 20.8. The zero-order chi connectivity index (χ0) is 25.6. The molecule has 0 saturated carbocycles. The van der Waals surface area contributed by atoms with Crippen LogP contribution in [0.4, 0.5) is 19.3 Å². The molecule has 11 heteroatoms. The molecule has 0 N–H and O–H groups in total. The van der Waals surface area contributed by atoms with Crippen LogP contribution in [0.3, 0.4) is 0 Å². The molecule has 0 atom stereocenters. The summed E-state index contributed by atoms with van der Waals surface area (Å²) < 4.78 is 69.0. The van der Waals surface area contributed by atoms with Gasteiger partial charge in [0.2, 0.25) is 0 Å². The molecule has 2 aromatic carbocycles. The smallest absolute Gasteiger partial charge is 0.410 e. The predicted molar refractivity (Wildman–Crippen MR) is 127 cm³/mol. The van der Waals surface area contributed by atoms with Crippen molar-refractivity contribution in [2.45, 2.75) is 32.1 Å². The average Bonchev–Trinajstić information content (AvgIpc) is 2.76. The second-order valence-electron chi connectivity index (χ2n) is 9.05. The third-order valence-electron chi connectivity index (χ3n) is 5.04. The summed E-state index contributed by atoms with van der Waals surface area (Å²) in [6.45, 7) is 5.80. The first-order valence-electron chi connectivity index (χ1n) is 11.2. The van der Waals surface area contributed by atoms with Gasteiger partial charge in [0, 0.05) is 38.3 Å². The second kappa shape index (κ2) is 11.2. The Morgan fingerprint density at radius 1 is 0.971 bits per heavy atom. The minimum absolute atomic E-state index is 0.0831. The van der Waals surface area contributed by atoms with Gasteiger partial charge < -0.3 is 19.3 Å². The van der Waals surface area contributed by atoms with Gasteiger partial charge in [-0.25, -0.2) is 13.6 Å². The quantitative estimate of drug-likeness (QED) is 0.391. The van der Waals surface area contributed by atoms with E-state index >= 15 is 0 Å². The minimum atomic E-state index is -3.82. The number of amides is 1. The number of carbonyl (C=O) groups is 1. The lowest BCUT2D eigenvalue weighted by Gasteiger charge is -2.37. The number of benzene rings is 2. The minimum Gasteiger partial charge on any atom is -0.491 e. The summed E-state index contributed by atoms with van der Waals surface area (Å²) in [6.07, 6.45) is -0.463. The third kappa shape index (κ3) is 8.07. The largest absolute Gasteiger partial charge is 0.491 e. The maximum Gasteiger partial charge on any atom is 0.410 e. The molecule has 1 amide bonds. The van der Waals surface area contributed by atoms with Crippen molar-refractivity contribution in [3.8, 4) is 5.75 Å². The number of ether oxygens (including phenoxy) is 2. The van der Waals surface area contributed by atoms with Crippen LogP contribution in [0.2, 0.25) is 0 Å². The molecule has 1 saturated heterocycles. The van der Waals surface area contributed by atoms with E-state index in [2.05, 4.69) is 0 Å². The second-order valence-corrected chi connectivity index (χ2v) is 10.7. The first kappa shape index (κ1) is 26.7. The van der Waals surface area contributed by atoms with Gasteiger partial charge in [-0.2, -0.15) is 8.42 Å². The van der Waals surface area contributed by atoms with Gasteiger partial charge in [-0.3, -0.25) is 4.18 Å². The maximum atomic E-state index is 14.7. The summed E-state index contributed by atoms with van der Waals surface area (Å²) in [5, 5.41) is 0. The van der Waals surface area contributed by atoms with E-state index < -0.39 is 33.4 Å². The van der Waals surface area contributed by atoms with E-state index in [1.807, 2.05) is 0 Å². The predicted octanol–water partition coefficient (Wildman–Crippen LogP) is 3.95. The number of hydrogen-bond acceptors (Lipinski definition) is 7. The van der Waals surface area contributed by atoms with Crippen LogP contribution >= 0.6 is 0 Å². The van der Waals surface area contributed by atoms with Gasteiger partial charge in [0.05, 0.1) is 0 Å². The molecule has 0 aromatic heterocycles. The first-order valence-corrected chi connectivity index (χ1v) is 12.8. The van der Waals surface area contributed by atoms with Crippen LogP contribution in [-0.2, 0) is 24.8 Å². The van der Waals surface area contributed by atoms with E-state index in [4.69, 9.17) is 13.7 Å². The highest BCUT2D eigenvalue weighted by Gasteiger charge is 2.28. The lowest BCUT2D eigenvalue weighted by molar-refractivity contribution is 0.0240. The SMILES string of the molecule is CC(C)(C)OC(=O)N1CCN(c2c(F)cc(OCCOS(=O)(=O)Cc3ccccc3)cc2F)CC1. The fourth-order valence-corrected chi connectivity index (χ4v) is 4.51. The molecule has 0 spiro atoms. The summed E-state index contributed by atoms with van der Waals surface area (Å²) in [5.74, 6) is -2.00. The van der Waals surface area contributed by atoms with Gasteiger partial charge in [0.25, 0.3) is 10.1 Å². The van der Waals surface area contributed by atoms with Crippen molar-refractivity contribution in [1.82, 2.24) is 4.90 Å². The summed E-state index contributed by atoms with van der Waals surface area (Å²) >= 11 is 0. The maximum absolute atomic E-state index is 14.7. The van der Waals surface area contributed by atoms with Crippen molar-refractivity contribution in [1.29, 1.82) is 0 Å². The Kier molecular flexibility index (Phi) is 8.55. The van der Waals surface area contributed by atoms with Crippen LogP contribution in [0.5, 0.6) is 5.75 Å². The third-order valence-corrected chi connectivity index (χ3v) is 6.25. The normalized spacial score (nSPS) is 14.7. The monoisotopic (exact) mass is 512 g/mol. The van der Waals surface area contributed by atoms with E-state index in [0.717, 1.165) is 12.1 Å². The molecule has 1 fully saturated rings. The molecule has 1 aliphatic heterocycles. The Labute approximate surface area is 204 Å². The van der Waals surface area contributed by atoms with Gasteiger partial charge in [0.1, 0.15) is 36.0 Å². The molecule has 0 bridgehead atoms. The van der Waals surface area contributed by atoms with Crippen LogP contribution in [0.25, 0.3) is 0 Å². The van der Waals surface area contributed by atoms with E-state index in [-0.39, 0.29) is 56.6 Å². The number of carbonyl (C=O) groups excluding carboxylic acids is 1. The van der Waals surface area contributed by atoms with Crippen molar-refractivity contribution in [2.24, 2.45) is 0 Å². The number of hydrogen-bond donors (Lipinski definition) is 0. The highest BCUT2D eigenvalue weighted by molar-refractivity contribution is 7.85. The number of piperazine rings is 1. The zero-order valence-electron chi connectivity index (χ0n) is 20.0. The van der Waals surface area contributed by atoms with Gasteiger partial charge in [-0.1, -0.05) is 30.3 Å². The molecule has 1 heterocycles. The number of anilines is 1.